The van der Waals surface area contributed by atoms with E-state index in [9.17, 15) is 9.90 Å². The molecule has 1 amide bonds. The fourth-order valence-corrected chi connectivity index (χ4v) is 2.73. The molecule has 1 atom stereocenters. The number of anilines is 1. The number of carbonyl (C=O) groups excluding carboxylic acids is 1. The van der Waals surface area contributed by atoms with E-state index in [1.807, 2.05) is 17.0 Å². The van der Waals surface area contributed by atoms with E-state index < -0.39 is 6.10 Å². The summed E-state index contributed by atoms with van der Waals surface area (Å²) in [6.07, 6.45) is 1.93. The van der Waals surface area contributed by atoms with Crippen LogP contribution in [0.3, 0.4) is 0 Å². The normalized spacial score (nSPS) is 19.9. The predicted octanol–water partition coefficient (Wildman–Crippen LogP) is 1.58. The molecule has 0 saturated heterocycles. The lowest BCUT2D eigenvalue weighted by molar-refractivity contribution is -0.118. The van der Waals surface area contributed by atoms with Crippen LogP contribution in [0.15, 0.2) is 12.1 Å². The highest BCUT2D eigenvalue weighted by molar-refractivity contribution is 5.98. The number of aryl methyl sites for hydroxylation is 1. The minimum absolute atomic E-state index is 0.246. The zero-order chi connectivity index (χ0) is 11.3. The van der Waals surface area contributed by atoms with Crippen LogP contribution in [0.25, 0.3) is 0 Å². The molecule has 0 saturated carbocycles. The minimum atomic E-state index is -0.423. The van der Waals surface area contributed by atoms with Crippen molar-refractivity contribution in [3.63, 3.8) is 0 Å². The van der Waals surface area contributed by atoms with Crippen LogP contribution in [-0.2, 0) is 17.6 Å². The van der Waals surface area contributed by atoms with Gasteiger partial charge in [0.25, 0.3) is 0 Å². The van der Waals surface area contributed by atoms with Crippen LogP contribution in [0, 0.1) is 0 Å². The van der Waals surface area contributed by atoms with Gasteiger partial charge in [0.15, 0.2) is 0 Å². The van der Waals surface area contributed by atoms with Crippen LogP contribution in [0.2, 0.25) is 0 Å². The quantitative estimate of drug-likeness (QED) is 0.775. The molecule has 0 bridgehead atoms. The van der Waals surface area contributed by atoms with E-state index in [4.69, 9.17) is 0 Å². The third-order valence-electron chi connectivity index (χ3n) is 3.56. The third-order valence-corrected chi connectivity index (χ3v) is 3.56. The van der Waals surface area contributed by atoms with Crippen molar-refractivity contribution in [3.05, 3.63) is 28.8 Å². The number of rotatable bonds is 1. The highest BCUT2D eigenvalue weighted by Crippen LogP contribution is 2.38. The second-order valence-electron chi connectivity index (χ2n) is 4.66. The van der Waals surface area contributed by atoms with Crippen LogP contribution in [0.5, 0.6) is 0 Å². The lowest BCUT2D eigenvalue weighted by Gasteiger charge is -2.26. The first-order chi connectivity index (χ1) is 7.66. The van der Waals surface area contributed by atoms with Crippen molar-refractivity contribution in [1.82, 2.24) is 0 Å². The number of nitrogens with zero attached hydrogens (tertiary/aromatic N) is 1. The summed E-state index contributed by atoms with van der Waals surface area (Å²) in [6, 6.07) is 4.09. The minimum Gasteiger partial charge on any atom is -0.389 e. The molecule has 2 heterocycles. The number of hydrogen-bond acceptors (Lipinski definition) is 2. The highest BCUT2D eigenvalue weighted by atomic mass is 16.3. The van der Waals surface area contributed by atoms with Crippen molar-refractivity contribution in [2.45, 2.75) is 32.3 Å². The van der Waals surface area contributed by atoms with Crippen molar-refractivity contribution in [2.75, 3.05) is 11.4 Å². The average molecular weight is 217 g/mol. The zero-order valence-corrected chi connectivity index (χ0v) is 9.36. The fraction of sp³-hybridized carbons (Fsp3) is 0.462. The Bertz CT molecular complexity index is 465. The van der Waals surface area contributed by atoms with Gasteiger partial charge in [0.2, 0.25) is 5.91 Å². The van der Waals surface area contributed by atoms with E-state index in [2.05, 4.69) is 0 Å². The van der Waals surface area contributed by atoms with E-state index in [0.717, 1.165) is 30.6 Å². The van der Waals surface area contributed by atoms with Gasteiger partial charge in [0, 0.05) is 13.0 Å². The van der Waals surface area contributed by atoms with E-state index in [-0.39, 0.29) is 5.91 Å². The summed E-state index contributed by atoms with van der Waals surface area (Å²) in [6.45, 7) is 2.60. The summed E-state index contributed by atoms with van der Waals surface area (Å²) in [5.41, 5.74) is 4.55. The Morgan fingerprint density at radius 1 is 1.25 bits per heavy atom. The lowest BCUT2D eigenvalue weighted by atomic mass is 9.95. The molecule has 3 rings (SSSR count). The predicted molar refractivity (Wildman–Crippen MR) is 61.5 cm³/mol. The molecule has 1 unspecified atom stereocenters. The van der Waals surface area contributed by atoms with Gasteiger partial charge in [-0.05, 0) is 36.5 Å². The van der Waals surface area contributed by atoms with E-state index in [1.165, 1.54) is 11.1 Å². The monoisotopic (exact) mass is 217 g/mol. The van der Waals surface area contributed by atoms with Crippen molar-refractivity contribution >= 4 is 11.6 Å². The van der Waals surface area contributed by atoms with Gasteiger partial charge in [-0.3, -0.25) is 4.79 Å². The maximum atomic E-state index is 11.7. The van der Waals surface area contributed by atoms with Crippen LogP contribution in [0.1, 0.15) is 36.1 Å². The van der Waals surface area contributed by atoms with Crippen molar-refractivity contribution in [1.29, 1.82) is 0 Å². The summed E-state index contributed by atoms with van der Waals surface area (Å²) in [4.78, 5) is 13.6. The average Bonchev–Trinajstić information content (AvgIpc) is 2.68. The molecule has 0 aromatic heterocycles. The summed E-state index contributed by atoms with van der Waals surface area (Å²) < 4.78 is 0. The Kier molecular flexibility index (Phi) is 2.04. The van der Waals surface area contributed by atoms with E-state index >= 15 is 0 Å². The van der Waals surface area contributed by atoms with Gasteiger partial charge >= 0.3 is 0 Å². The second-order valence-corrected chi connectivity index (χ2v) is 4.66. The molecule has 0 spiro atoms. The number of benzene rings is 1. The molecular weight excluding hydrogens is 202 g/mol. The number of hydrogen-bond donors (Lipinski definition) is 1. The zero-order valence-electron chi connectivity index (χ0n) is 9.36. The standard InChI is InChI=1S/C13H15NO2/c1-8(15)11-6-9-2-3-12(16)14-5-4-10(7-11)13(9)14/h6-8,15H,2-5H2,1H3. The summed E-state index contributed by atoms with van der Waals surface area (Å²) >= 11 is 0. The summed E-state index contributed by atoms with van der Waals surface area (Å²) in [5.74, 6) is 0.246. The number of carbonyl (C=O) groups is 1. The number of aliphatic hydroxyl groups is 1. The molecule has 84 valence electrons. The molecule has 2 aliphatic heterocycles. The largest absolute Gasteiger partial charge is 0.389 e. The van der Waals surface area contributed by atoms with Crippen molar-refractivity contribution in [3.8, 4) is 0 Å². The van der Waals surface area contributed by atoms with Gasteiger partial charge in [-0.15, -0.1) is 0 Å². The topological polar surface area (TPSA) is 40.5 Å². The third kappa shape index (κ3) is 1.28. The molecule has 0 radical (unpaired) electrons. The Labute approximate surface area is 94.7 Å². The smallest absolute Gasteiger partial charge is 0.227 e. The van der Waals surface area contributed by atoms with Crippen LogP contribution >= 0.6 is 0 Å². The molecule has 1 aromatic carbocycles. The SMILES string of the molecule is CC(O)c1cc2c3c(c1)CCN3C(=O)CC2. The number of amides is 1. The first kappa shape index (κ1) is 9.85. The van der Waals surface area contributed by atoms with Crippen LogP contribution in [0.4, 0.5) is 5.69 Å². The molecular formula is C13H15NO2. The van der Waals surface area contributed by atoms with Crippen LogP contribution in [-0.4, -0.2) is 17.6 Å². The van der Waals surface area contributed by atoms with E-state index in [0.29, 0.717) is 6.42 Å². The molecule has 0 aliphatic carbocycles. The first-order valence-corrected chi connectivity index (χ1v) is 5.81. The van der Waals surface area contributed by atoms with E-state index in [1.54, 1.807) is 6.92 Å². The maximum absolute atomic E-state index is 11.7. The maximum Gasteiger partial charge on any atom is 0.227 e. The fourth-order valence-electron chi connectivity index (χ4n) is 2.73. The van der Waals surface area contributed by atoms with Crippen molar-refractivity contribution < 1.29 is 9.90 Å². The molecule has 1 aromatic rings. The molecule has 3 heteroatoms. The Morgan fingerprint density at radius 2 is 1.94 bits per heavy atom. The second kappa shape index (κ2) is 3.32. The number of aliphatic hydroxyl groups excluding tert-OH is 1. The molecule has 0 fully saturated rings. The van der Waals surface area contributed by atoms with Gasteiger partial charge in [0.05, 0.1) is 11.8 Å². The lowest BCUT2D eigenvalue weighted by Crippen LogP contribution is -2.32. The van der Waals surface area contributed by atoms with Gasteiger partial charge in [-0.2, -0.15) is 0 Å². The summed E-state index contributed by atoms with van der Waals surface area (Å²) in [5, 5.41) is 9.63. The van der Waals surface area contributed by atoms with Gasteiger partial charge < -0.3 is 10.0 Å². The van der Waals surface area contributed by atoms with Crippen molar-refractivity contribution in [2.24, 2.45) is 0 Å². The molecule has 1 N–H and O–H groups in total. The molecule has 2 aliphatic rings. The van der Waals surface area contributed by atoms with Crippen LogP contribution < -0.4 is 4.90 Å². The van der Waals surface area contributed by atoms with Gasteiger partial charge in [0.1, 0.15) is 0 Å². The molecule has 16 heavy (non-hydrogen) atoms. The molecule has 3 nitrogen and oxygen atoms in total. The van der Waals surface area contributed by atoms with Gasteiger partial charge in [-0.1, -0.05) is 12.1 Å². The highest BCUT2D eigenvalue weighted by Gasteiger charge is 2.31. The Balaban J connectivity index is 2.16. The summed E-state index contributed by atoms with van der Waals surface area (Å²) in [7, 11) is 0. The Hall–Kier alpha value is -1.35. The Morgan fingerprint density at radius 3 is 2.62 bits per heavy atom. The first-order valence-electron chi connectivity index (χ1n) is 5.81. The van der Waals surface area contributed by atoms with Gasteiger partial charge in [-0.25, -0.2) is 0 Å².